The molecule has 2 aromatic carbocycles. The molecule has 0 saturated carbocycles. The van der Waals surface area contributed by atoms with E-state index in [-0.39, 0.29) is 11.4 Å². The third-order valence-corrected chi connectivity index (χ3v) is 3.11. The number of hydrogen-bond donors (Lipinski definition) is 1. The Morgan fingerprint density at radius 2 is 2.09 bits per heavy atom. The summed E-state index contributed by atoms with van der Waals surface area (Å²) in [4.78, 5) is 10.3. The number of rotatable bonds is 7. The first-order chi connectivity index (χ1) is 10.6. The fourth-order valence-corrected chi connectivity index (χ4v) is 2.04. The first-order valence-electron chi connectivity index (χ1n) is 6.55. The fourth-order valence-electron chi connectivity index (χ4n) is 1.86. The summed E-state index contributed by atoms with van der Waals surface area (Å²) in [6.07, 6.45) is 0. The van der Waals surface area contributed by atoms with Crippen LogP contribution in [-0.4, -0.2) is 25.2 Å². The van der Waals surface area contributed by atoms with Crippen LogP contribution in [0.25, 0.3) is 0 Å². The monoisotopic (exact) mass is 322 g/mol. The summed E-state index contributed by atoms with van der Waals surface area (Å²) in [5, 5.41) is 14.5. The van der Waals surface area contributed by atoms with Crippen molar-refractivity contribution in [3.8, 4) is 11.5 Å². The third-order valence-electron chi connectivity index (χ3n) is 2.87. The predicted molar refractivity (Wildman–Crippen MR) is 85.1 cm³/mol. The van der Waals surface area contributed by atoms with Gasteiger partial charge < -0.3 is 14.8 Å². The van der Waals surface area contributed by atoms with E-state index in [1.54, 1.807) is 24.3 Å². The first-order valence-corrected chi connectivity index (χ1v) is 6.92. The average molecular weight is 323 g/mol. The Morgan fingerprint density at radius 3 is 2.77 bits per heavy atom. The standard InChI is InChI=1S/C15H15ClN2O4/c1-21-15-10-12(5-6-14(15)18(19)20)17-7-8-22-13-4-2-3-11(16)9-13/h2-6,9-10,17H,7-8H2,1H3. The van der Waals surface area contributed by atoms with Crippen LogP contribution in [0, 0.1) is 10.1 Å². The molecule has 0 saturated heterocycles. The number of methoxy groups -OCH3 is 1. The lowest BCUT2D eigenvalue weighted by Crippen LogP contribution is -2.11. The van der Waals surface area contributed by atoms with Crippen molar-refractivity contribution in [3.05, 3.63) is 57.6 Å². The lowest BCUT2D eigenvalue weighted by Gasteiger charge is -2.10. The molecule has 6 nitrogen and oxygen atoms in total. The molecule has 0 fully saturated rings. The molecular weight excluding hydrogens is 308 g/mol. The van der Waals surface area contributed by atoms with E-state index in [1.807, 2.05) is 12.1 Å². The van der Waals surface area contributed by atoms with Gasteiger partial charge in [-0.05, 0) is 24.3 Å². The largest absolute Gasteiger partial charge is 0.492 e. The van der Waals surface area contributed by atoms with Gasteiger partial charge in [0.25, 0.3) is 0 Å². The quantitative estimate of drug-likeness (QED) is 0.477. The summed E-state index contributed by atoms with van der Waals surface area (Å²) in [5.41, 5.74) is 0.653. The van der Waals surface area contributed by atoms with Crippen molar-refractivity contribution < 1.29 is 14.4 Å². The number of nitrogens with zero attached hydrogens (tertiary/aromatic N) is 1. The van der Waals surface area contributed by atoms with E-state index < -0.39 is 4.92 Å². The van der Waals surface area contributed by atoms with Crippen LogP contribution in [0.5, 0.6) is 11.5 Å². The fraction of sp³-hybridized carbons (Fsp3) is 0.200. The summed E-state index contributed by atoms with van der Waals surface area (Å²) >= 11 is 5.86. The maximum atomic E-state index is 10.8. The van der Waals surface area contributed by atoms with Gasteiger partial charge in [-0.3, -0.25) is 10.1 Å². The number of hydrogen-bond acceptors (Lipinski definition) is 5. The van der Waals surface area contributed by atoms with Gasteiger partial charge in [0.1, 0.15) is 12.4 Å². The van der Waals surface area contributed by atoms with E-state index in [4.69, 9.17) is 21.1 Å². The number of halogens is 1. The van der Waals surface area contributed by atoms with E-state index in [1.165, 1.54) is 13.2 Å². The van der Waals surface area contributed by atoms with Gasteiger partial charge >= 0.3 is 5.69 Å². The second-order valence-corrected chi connectivity index (χ2v) is 4.81. The van der Waals surface area contributed by atoms with E-state index >= 15 is 0 Å². The van der Waals surface area contributed by atoms with Crippen LogP contribution in [0.15, 0.2) is 42.5 Å². The highest BCUT2D eigenvalue weighted by molar-refractivity contribution is 6.30. The Hall–Kier alpha value is -2.47. The molecule has 116 valence electrons. The number of benzene rings is 2. The number of nitro groups is 1. The van der Waals surface area contributed by atoms with Gasteiger partial charge in [-0.1, -0.05) is 17.7 Å². The van der Waals surface area contributed by atoms with Gasteiger partial charge in [0.05, 0.1) is 12.0 Å². The molecule has 0 atom stereocenters. The van der Waals surface area contributed by atoms with Gasteiger partial charge in [0, 0.05) is 29.4 Å². The summed E-state index contributed by atoms with van der Waals surface area (Å²) in [6.45, 7) is 0.965. The summed E-state index contributed by atoms with van der Waals surface area (Å²) in [7, 11) is 1.40. The molecule has 2 rings (SSSR count). The SMILES string of the molecule is COc1cc(NCCOc2cccc(Cl)c2)ccc1[N+](=O)[O-]. The molecule has 0 aliphatic heterocycles. The third kappa shape index (κ3) is 4.26. The zero-order chi connectivity index (χ0) is 15.9. The predicted octanol–water partition coefficient (Wildman–Crippen LogP) is 3.75. The number of nitrogens with one attached hydrogen (secondary N) is 1. The van der Waals surface area contributed by atoms with Crippen molar-refractivity contribution in [2.45, 2.75) is 0 Å². The minimum Gasteiger partial charge on any atom is -0.492 e. The minimum absolute atomic E-state index is 0.0665. The minimum atomic E-state index is -0.481. The van der Waals surface area contributed by atoms with Crippen molar-refractivity contribution >= 4 is 23.0 Å². The molecule has 22 heavy (non-hydrogen) atoms. The molecule has 0 aromatic heterocycles. The van der Waals surface area contributed by atoms with Crippen LogP contribution >= 0.6 is 11.6 Å². The zero-order valence-corrected chi connectivity index (χ0v) is 12.7. The van der Waals surface area contributed by atoms with Crippen LogP contribution in [0.1, 0.15) is 0 Å². The Balaban J connectivity index is 1.88. The molecule has 1 N–H and O–H groups in total. The topological polar surface area (TPSA) is 73.6 Å². The van der Waals surface area contributed by atoms with Gasteiger partial charge in [0.15, 0.2) is 5.75 Å². The van der Waals surface area contributed by atoms with E-state index in [2.05, 4.69) is 5.32 Å². The zero-order valence-electron chi connectivity index (χ0n) is 11.9. The Bertz CT molecular complexity index is 664. The van der Waals surface area contributed by atoms with E-state index in [0.29, 0.717) is 23.9 Å². The second-order valence-electron chi connectivity index (χ2n) is 4.38. The van der Waals surface area contributed by atoms with Gasteiger partial charge in [-0.25, -0.2) is 0 Å². The van der Waals surface area contributed by atoms with Crippen LogP contribution in [0.2, 0.25) is 5.02 Å². The molecule has 0 aliphatic rings. The van der Waals surface area contributed by atoms with Crippen molar-refractivity contribution in [2.24, 2.45) is 0 Å². The van der Waals surface area contributed by atoms with E-state index in [9.17, 15) is 10.1 Å². The molecule has 2 aromatic rings. The van der Waals surface area contributed by atoms with Gasteiger partial charge in [0.2, 0.25) is 0 Å². The van der Waals surface area contributed by atoms with Gasteiger partial charge in [-0.15, -0.1) is 0 Å². The number of ether oxygens (including phenoxy) is 2. The maximum Gasteiger partial charge on any atom is 0.311 e. The summed E-state index contributed by atoms with van der Waals surface area (Å²) in [5.74, 6) is 0.904. The molecule has 0 spiro atoms. The molecule has 0 heterocycles. The Morgan fingerprint density at radius 1 is 1.27 bits per heavy atom. The van der Waals surface area contributed by atoms with Crippen molar-refractivity contribution in [1.29, 1.82) is 0 Å². The highest BCUT2D eigenvalue weighted by atomic mass is 35.5. The second kappa shape index (κ2) is 7.51. The maximum absolute atomic E-state index is 10.8. The molecular formula is C15H15ClN2O4. The molecule has 0 radical (unpaired) electrons. The number of anilines is 1. The summed E-state index contributed by atoms with van der Waals surface area (Å²) in [6, 6.07) is 11.7. The van der Waals surface area contributed by atoms with Crippen molar-refractivity contribution in [3.63, 3.8) is 0 Å². The highest BCUT2D eigenvalue weighted by Crippen LogP contribution is 2.29. The number of nitro benzene ring substituents is 1. The van der Waals surface area contributed by atoms with Crippen LogP contribution in [0.4, 0.5) is 11.4 Å². The van der Waals surface area contributed by atoms with Gasteiger partial charge in [-0.2, -0.15) is 0 Å². The normalized spacial score (nSPS) is 10.1. The van der Waals surface area contributed by atoms with Crippen molar-refractivity contribution in [1.82, 2.24) is 0 Å². The Labute approximate surface area is 132 Å². The molecule has 0 aliphatic carbocycles. The van der Waals surface area contributed by atoms with Crippen molar-refractivity contribution in [2.75, 3.05) is 25.6 Å². The molecule has 0 bridgehead atoms. The average Bonchev–Trinajstić information content (AvgIpc) is 2.51. The molecule has 0 unspecified atom stereocenters. The smallest absolute Gasteiger partial charge is 0.311 e. The van der Waals surface area contributed by atoms with Crippen LogP contribution < -0.4 is 14.8 Å². The highest BCUT2D eigenvalue weighted by Gasteiger charge is 2.14. The first kappa shape index (κ1) is 15.9. The van der Waals surface area contributed by atoms with Crippen LogP contribution in [0.3, 0.4) is 0 Å². The lowest BCUT2D eigenvalue weighted by molar-refractivity contribution is -0.385. The Kier molecular flexibility index (Phi) is 5.43. The molecule has 0 amide bonds. The van der Waals surface area contributed by atoms with E-state index in [0.717, 1.165) is 5.69 Å². The lowest BCUT2D eigenvalue weighted by atomic mass is 10.2. The van der Waals surface area contributed by atoms with Crippen LogP contribution in [-0.2, 0) is 0 Å². The molecule has 7 heteroatoms. The summed E-state index contributed by atoms with van der Waals surface area (Å²) < 4.78 is 10.5.